The molecular formula is C23H32N4O. The molecule has 5 heteroatoms. The van der Waals surface area contributed by atoms with Gasteiger partial charge in [-0.2, -0.15) is 0 Å². The maximum absolute atomic E-state index is 12.5. The number of anilines is 1. The molecule has 1 aromatic heterocycles. The van der Waals surface area contributed by atoms with Gasteiger partial charge in [0.2, 0.25) is 5.91 Å². The molecule has 5 nitrogen and oxygen atoms in total. The predicted octanol–water partition coefficient (Wildman–Crippen LogP) is 4.36. The molecule has 0 saturated carbocycles. The Morgan fingerprint density at radius 3 is 2.64 bits per heavy atom. The smallest absolute Gasteiger partial charge is 0.224 e. The quantitative estimate of drug-likeness (QED) is 0.691. The fourth-order valence-corrected chi connectivity index (χ4v) is 3.68. The second-order valence-corrected chi connectivity index (χ2v) is 7.78. The van der Waals surface area contributed by atoms with Crippen LogP contribution >= 0.6 is 0 Å². The van der Waals surface area contributed by atoms with Crippen molar-refractivity contribution in [1.82, 2.24) is 15.5 Å². The monoisotopic (exact) mass is 380 g/mol. The lowest BCUT2D eigenvalue weighted by atomic mass is 9.97. The fraction of sp³-hybridized carbons (Fsp3) is 0.522. The molecule has 150 valence electrons. The molecule has 1 N–H and O–H groups in total. The average molecular weight is 381 g/mol. The highest BCUT2D eigenvalue weighted by Crippen LogP contribution is 2.23. The SMILES string of the molecule is CCCCCCNC(=O)[C@@H]1CCCN(c2ccc(-c3ccc(C)cc3)nn2)C1. The molecule has 2 aromatic rings. The molecular weight excluding hydrogens is 348 g/mol. The van der Waals surface area contributed by atoms with Gasteiger partial charge in [-0.1, -0.05) is 56.0 Å². The fourth-order valence-electron chi connectivity index (χ4n) is 3.68. The van der Waals surface area contributed by atoms with Crippen LogP contribution in [0.4, 0.5) is 5.82 Å². The third kappa shape index (κ3) is 5.54. The van der Waals surface area contributed by atoms with Crippen LogP contribution in [0.2, 0.25) is 0 Å². The van der Waals surface area contributed by atoms with Crippen molar-refractivity contribution in [1.29, 1.82) is 0 Å². The van der Waals surface area contributed by atoms with E-state index in [9.17, 15) is 4.79 Å². The number of hydrogen-bond acceptors (Lipinski definition) is 4. The van der Waals surface area contributed by atoms with Crippen molar-refractivity contribution in [3.63, 3.8) is 0 Å². The van der Waals surface area contributed by atoms with Crippen LogP contribution in [0.15, 0.2) is 36.4 Å². The third-order valence-corrected chi connectivity index (χ3v) is 5.44. The van der Waals surface area contributed by atoms with E-state index in [0.29, 0.717) is 0 Å². The first kappa shape index (κ1) is 20.3. The molecule has 1 aliphatic heterocycles. The van der Waals surface area contributed by atoms with E-state index in [0.717, 1.165) is 56.0 Å². The molecule has 0 aliphatic carbocycles. The number of carbonyl (C=O) groups excluding carboxylic acids is 1. The van der Waals surface area contributed by atoms with Crippen LogP contribution in [-0.4, -0.2) is 35.7 Å². The Kier molecular flexibility index (Phi) is 7.40. The van der Waals surface area contributed by atoms with E-state index in [1.807, 2.05) is 12.1 Å². The number of aromatic nitrogens is 2. The molecule has 0 radical (unpaired) electrons. The van der Waals surface area contributed by atoms with Gasteiger partial charge >= 0.3 is 0 Å². The van der Waals surface area contributed by atoms with Crippen molar-refractivity contribution in [3.8, 4) is 11.3 Å². The predicted molar refractivity (Wildman–Crippen MR) is 114 cm³/mol. The summed E-state index contributed by atoms with van der Waals surface area (Å²) in [4.78, 5) is 14.7. The number of aryl methyl sites for hydroxylation is 1. The van der Waals surface area contributed by atoms with E-state index >= 15 is 0 Å². The van der Waals surface area contributed by atoms with Gasteiger partial charge < -0.3 is 10.2 Å². The molecule has 1 saturated heterocycles. The number of rotatable bonds is 8. The number of amides is 1. The maximum Gasteiger partial charge on any atom is 0.224 e. The highest BCUT2D eigenvalue weighted by atomic mass is 16.1. The lowest BCUT2D eigenvalue weighted by Gasteiger charge is -2.32. The van der Waals surface area contributed by atoms with E-state index in [-0.39, 0.29) is 11.8 Å². The Morgan fingerprint density at radius 1 is 1.11 bits per heavy atom. The Hall–Kier alpha value is -2.43. The summed E-state index contributed by atoms with van der Waals surface area (Å²) in [5.74, 6) is 1.08. The van der Waals surface area contributed by atoms with Crippen LogP contribution in [0.5, 0.6) is 0 Å². The molecule has 1 amide bonds. The minimum absolute atomic E-state index is 0.0403. The van der Waals surface area contributed by atoms with Crippen LogP contribution in [-0.2, 0) is 4.79 Å². The normalized spacial score (nSPS) is 16.8. The van der Waals surface area contributed by atoms with Crippen molar-refractivity contribution in [2.45, 2.75) is 52.4 Å². The summed E-state index contributed by atoms with van der Waals surface area (Å²) in [6, 6.07) is 12.3. The van der Waals surface area contributed by atoms with Crippen molar-refractivity contribution in [3.05, 3.63) is 42.0 Å². The maximum atomic E-state index is 12.5. The zero-order valence-electron chi connectivity index (χ0n) is 17.2. The average Bonchev–Trinajstić information content (AvgIpc) is 2.74. The zero-order chi connectivity index (χ0) is 19.8. The molecule has 1 atom stereocenters. The molecule has 0 unspecified atom stereocenters. The minimum Gasteiger partial charge on any atom is -0.356 e. The first-order valence-electron chi connectivity index (χ1n) is 10.6. The van der Waals surface area contributed by atoms with E-state index < -0.39 is 0 Å². The van der Waals surface area contributed by atoms with Gasteiger partial charge in [-0.3, -0.25) is 4.79 Å². The Morgan fingerprint density at radius 2 is 1.93 bits per heavy atom. The first-order chi connectivity index (χ1) is 13.7. The molecule has 1 aromatic carbocycles. The summed E-state index contributed by atoms with van der Waals surface area (Å²) >= 11 is 0. The van der Waals surface area contributed by atoms with Crippen molar-refractivity contribution < 1.29 is 4.79 Å². The summed E-state index contributed by atoms with van der Waals surface area (Å²) < 4.78 is 0. The van der Waals surface area contributed by atoms with E-state index in [4.69, 9.17) is 0 Å². The van der Waals surface area contributed by atoms with Crippen LogP contribution in [0, 0.1) is 12.8 Å². The van der Waals surface area contributed by atoms with Crippen molar-refractivity contribution in [2.75, 3.05) is 24.5 Å². The number of benzene rings is 1. The Labute approximate surface area is 168 Å². The van der Waals surface area contributed by atoms with Gasteiger partial charge in [0.05, 0.1) is 11.6 Å². The van der Waals surface area contributed by atoms with Crippen LogP contribution < -0.4 is 10.2 Å². The number of hydrogen-bond donors (Lipinski definition) is 1. The number of carbonyl (C=O) groups is 1. The lowest BCUT2D eigenvalue weighted by molar-refractivity contribution is -0.125. The number of unbranched alkanes of at least 4 members (excludes halogenated alkanes) is 3. The second-order valence-electron chi connectivity index (χ2n) is 7.78. The number of nitrogens with zero attached hydrogens (tertiary/aromatic N) is 3. The Balaban J connectivity index is 1.55. The second kappa shape index (κ2) is 10.2. The lowest BCUT2D eigenvalue weighted by Crippen LogP contribution is -2.43. The standard InChI is InChI=1S/C23H32N4O/c1-3-4-5-6-15-24-23(28)20-8-7-16-27(17-20)22-14-13-21(25-26-22)19-11-9-18(2)10-12-19/h9-14,20H,3-8,15-17H2,1-2H3,(H,24,28)/t20-/m1/s1. The largest absolute Gasteiger partial charge is 0.356 e. The highest BCUT2D eigenvalue weighted by molar-refractivity contribution is 5.79. The van der Waals surface area contributed by atoms with E-state index in [1.165, 1.54) is 24.8 Å². The molecule has 1 aliphatic rings. The number of nitrogens with one attached hydrogen (secondary N) is 1. The summed E-state index contributed by atoms with van der Waals surface area (Å²) in [5, 5.41) is 12.0. The zero-order valence-corrected chi connectivity index (χ0v) is 17.2. The summed E-state index contributed by atoms with van der Waals surface area (Å²) in [6.45, 7) is 6.72. The van der Waals surface area contributed by atoms with Gasteiger partial charge in [0.25, 0.3) is 0 Å². The summed E-state index contributed by atoms with van der Waals surface area (Å²) in [7, 11) is 0. The molecule has 0 spiro atoms. The summed E-state index contributed by atoms with van der Waals surface area (Å²) in [5.41, 5.74) is 3.18. The van der Waals surface area contributed by atoms with Gasteiger partial charge in [-0.05, 0) is 38.3 Å². The van der Waals surface area contributed by atoms with Crippen LogP contribution in [0.25, 0.3) is 11.3 Å². The minimum atomic E-state index is 0.0403. The molecule has 2 heterocycles. The van der Waals surface area contributed by atoms with Crippen LogP contribution in [0.3, 0.4) is 0 Å². The van der Waals surface area contributed by atoms with Gasteiger partial charge in [-0.15, -0.1) is 10.2 Å². The Bertz CT molecular complexity index is 742. The van der Waals surface area contributed by atoms with Crippen molar-refractivity contribution in [2.24, 2.45) is 5.92 Å². The molecule has 1 fully saturated rings. The van der Waals surface area contributed by atoms with Gasteiger partial charge in [0, 0.05) is 25.2 Å². The van der Waals surface area contributed by atoms with Gasteiger partial charge in [0.1, 0.15) is 0 Å². The first-order valence-corrected chi connectivity index (χ1v) is 10.6. The van der Waals surface area contributed by atoms with Crippen LogP contribution in [0.1, 0.15) is 51.0 Å². The molecule has 0 bridgehead atoms. The number of piperidine rings is 1. The summed E-state index contributed by atoms with van der Waals surface area (Å²) in [6.07, 6.45) is 6.68. The highest BCUT2D eigenvalue weighted by Gasteiger charge is 2.26. The molecule has 28 heavy (non-hydrogen) atoms. The van der Waals surface area contributed by atoms with Gasteiger partial charge in [-0.25, -0.2) is 0 Å². The molecule has 3 rings (SSSR count). The topological polar surface area (TPSA) is 58.1 Å². The van der Waals surface area contributed by atoms with Gasteiger partial charge in [0.15, 0.2) is 5.82 Å². The van der Waals surface area contributed by atoms with E-state index in [1.54, 1.807) is 0 Å². The third-order valence-electron chi connectivity index (χ3n) is 5.44. The van der Waals surface area contributed by atoms with Crippen molar-refractivity contribution >= 4 is 11.7 Å². The van der Waals surface area contributed by atoms with E-state index in [2.05, 4.69) is 58.5 Å².